The monoisotopic (exact) mass is 442 g/mol. The molecule has 0 unspecified atom stereocenters. The Kier molecular flexibility index (Phi) is 7.86. The summed E-state index contributed by atoms with van der Waals surface area (Å²) in [5.41, 5.74) is 2.31. The lowest BCUT2D eigenvalue weighted by Crippen LogP contribution is -2.27. The van der Waals surface area contributed by atoms with Crippen LogP contribution in [0.15, 0.2) is 18.5 Å². The van der Waals surface area contributed by atoms with Gasteiger partial charge in [0.05, 0.1) is 12.1 Å². The molecule has 0 saturated heterocycles. The SMILES string of the molecule is Cn1cc(CC(C)(C)C)cc1C(=O)NCCC(=O)Cc1cn(C)c(C(=O)CC(C)(C)C)n1. The van der Waals surface area contributed by atoms with Gasteiger partial charge < -0.3 is 14.5 Å². The van der Waals surface area contributed by atoms with E-state index in [9.17, 15) is 14.4 Å². The molecule has 0 fully saturated rings. The molecule has 2 aromatic heterocycles. The number of aryl methyl sites for hydroxylation is 2. The van der Waals surface area contributed by atoms with Gasteiger partial charge in [-0.15, -0.1) is 0 Å². The molecule has 32 heavy (non-hydrogen) atoms. The number of amides is 1. The minimum absolute atomic E-state index is 0.0284. The standard InChI is InChI=1S/C25H38N4O3/c1-24(2,3)13-17-11-20(28(7)15-17)23(32)26-10-9-19(30)12-18-16-29(8)22(27-18)21(31)14-25(4,5)6/h11,15-16H,9-10,12-14H2,1-8H3,(H,26,32). The molecule has 0 bridgehead atoms. The van der Waals surface area contributed by atoms with Crippen LogP contribution in [0.2, 0.25) is 0 Å². The maximum absolute atomic E-state index is 12.5. The molecule has 0 aliphatic carbocycles. The van der Waals surface area contributed by atoms with Gasteiger partial charge in [-0.25, -0.2) is 4.98 Å². The van der Waals surface area contributed by atoms with Gasteiger partial charge >= 0.3 is 0 Å². The fourth-order valence-electron chi connectivity index (χ4n) is 3.70. The molecule has 0 spiro atoms. The average Bonchev–Trinajstić information content (AvgIpc) is 3.13. The van der Waals surface area contributed by atoms with Gasteiger partial charge in [0.2, 0.25) is 0 Å². The van der Waals surface area contributed by atoms with Gasteiger partial charge in [0.25, 0.3) is 5.91 Å². The first-order valence-corrected chi connectivity index (χ1v) is 11.2. The second-order valence-electron chi connectivity index (χ2n) is 11.1. The van der Waals surface area contributed by atoms with E-state index in [0.717, 1.165) is 12.0 Å². The third-order valence-electron chi connectivity index (χ3n) is 4.96. The van der Waals surface area contributed by atoms with Gasteiger partial charge in [0.1, 0.15) is 11.5 Å². The molecular formula is C25H38N4O3. The Morgan fingerprint density at radius 3 is 2.22 bits per heavy atom. The van der Waals surface area contributed by atoms with Crippen LogP contribution in [0.4, 0.5) is 0 Å². The van der Waals surface area contributed by atoms with Gasteiger partial charge in [-0.2, -0.15) is 0 Å². The van der Waals surface area contributed by atoms with E-state index in [0.29, 0.717) is 23.6 Å². The average molecular weight is 443 g/mol. The number of Topliss-reactive ketones (excluding diaryl/α,β-unsaturated/α-hetero) is 2. The number of ketones is 2. The van der Waals surface area contributed by atoms with Crippen molar-refractivity contribution in [3.8, 4) is 0 Å². The van der Waals surface area contributed by atoms with E-state index in [2.05, 4.69) is 31.1 Å². The summed E-state index contributed by atoms with van der Waals surface area (Å²) < 4.78 is 3.51. The van der Waals surface area contributed by atoms with Crippen LogP contribution in [0.3, 0.4) is 0 Å². The molecule has 176 valence electrons. The minimum atomic E-state index is -0.187. The Morgan fingerprint density at radius 1 is 0.969 bits per heavy atom. The summed E-state index contributed by atoms with van der Waals surface area (Å²) in [6.45, 7) is 12.8. The first kappa shape index (κ1) is 25.6. The maximum atomic E-state index is 12.5. The lowest BCUT2D eigenvalue weighted by molar-refractivity contribution is -0.118. The molecule has 0 radical (unpaired) electrons. The van der Waals surface area contributed by atoms with Crippen LogP contribution in [-0.2, 0) is 31.7 Å². The van der Waals surface area contributed by atoms with Crippen molar-refractivity contribution in [3.63, 3.8) is 0 Å². The van der Waals surface area contributed by atoms with Crippen LogP contribution >= 0.6 is 0 Å². The Bertz CT molecular complexity index is 984. The molecule has 2 heterocycles. The lowest BCUT2D eigenvalue weighted by atomic mass is 9.89. The van der Waals surface area contributed by atoms with E-state index < -0.39 is 0 Å². The molecule has 2 aromatic rings. The highest BCUT2D eigenvalue weighted by atomic mass is 16.2. The molecule has 1 N–H and O–H groups in total. The molecule has 0 aliphatic heterocycles. The number of hydrogen-bond acceptors (Lipinski definition) is 4. The number of carbonyl (C=O) groups excluding carboxylic acids is 3. The van der Waals surface area contributed by atoms with Crippen molar-refractivity contribution in [2.75, 3.05) is 6.54 Å². The summed E-state index contributed by atoms with van der Waals surface area (Å²) in [5, 5.41) is 2.83. The zero-order valence-electron chi connectivity index (χ0n) is 20.8. The van der Waals surface area contributed by atoms with Gasteiger partial charge in [0.15, 0.2) is 11.6 Å². The Morgan fingerprint density at radius 2 is 1.62 bits per heavy atom. The Hall–Kier alpha value is -2.70. The first-order valence-electron chi connectivity index (χ1n) is 11.2. The van der Waals surface area contributed by atoms with E-state index >= 15 is 0 Å². The lowest BCUT2D eigenvalue weighted by Gasteiger charge is -2.16. The summed E-state index contributed by atoms with van der Waals surface area (Å²) in [5.74, 6) is 0.136. The fourth-order valence-corrected chi connectivity index (χ4v) is 3.70. The van der Waals surface area contributed by atoms with Crippen molar-refractivity contribution in [3.05, 3.63) is 41.2 Å². The summed E-state index contributed by atoms with van der Waals surface area (Å²) >= 11 is 0. The van der Waals surface area contributed by atoms with Crippen LogP contribution in [0.5, 0.6) is 0 Å². The van der Waals surface area contributed by atoms with Crippen molar-refractivity contribution in [2.24, 2.45) is 24.9 Å². The molecular weight excluding hydrogens is 404 g/mol. The van der Waals surface area contributed by atoms with Gasteiger partial charge in [0, 0.05) is 45.9 Å². The summed E-state index contributed by atoms with van der Waals surface area (Å²) in [7, 11) is 3.62. The van der Waals surface area contributed by atoms with E-state index in [1.54, 1.807) is 17.8 Å². The maximum Gasteiger partial charge on any atom is 0.267 e. The van der Waals surface area contributed by atoms with Gasteiger partial charge in [-0.3, -0.25) is 14.4 Å². The minimum Gasteiger partial charge on any atom is -0.350 e. The molecule has 7 heteroatoms. The second-order valence-corrected chi connectivity index (χ2v) is 11.1. The van der Waals surface area contributed by atoms with Crippen LogP contribution in [0.25, 0.3) is 0 Å². The molecule has 1 amide bonds. The zero-order valence-corrected chi connectivity index (χ0v) is 20.8. The number of imidazole rings is 1. The molecule has 0 aliphatic rings. The molecule has 7 nitrogen and oxygen atoms in total. The number of aromatic nitrogens is 3. The number of carbonyl (C=O) groups is 3. The number of nitrogens with zero attached hydrogens (tertiary/aromatic N) is 3. The third-order valence-corrected chi connectivity index (χ3v) is 4.96. The molecule has 0 aromatic carbocycles. The van der Waals surface area contributed by atoms with Crippen LogP contribution in [-0.4, -0.2) is 38.1 Å². The van der Waals surface area contributed by atoms with Gasteiger partial charge in [-0.05, 0) is 28.9 Å². The van der Waals surface area contributed by atoms with Crippen LogP contribution in [0.1, 0.15) is 86.7 Å². The van der Waals surface area contributed by atoms with Gasteiger partial charge in [-0.1, -0.05) is 41.5 Å². The molecule has 0 saturated carbocycles. The Balaban J connectivity index is 1.87. The topological polar surface area (TPSA) is 86.0 Å². The summed E-state index contributed by atoms with van der Waals surface area (Å²) in [6, 6.07) is 1.91. The number of nitrogens with one attached hydrogen (secondary N) is 1. The first-order chi connectivity index (χ1) is 14.6. The molecule has 0 atom stereocenters. The highest BCUT2D eigenvalue weighted by molar-refractivity contribution is 5.94. The normalized spacial score (nSPS) is 12.1. The predicted molar refractivity (Wildman–Crippen MR) is 126 cm³/mol. The fraction of sp³-hybridized carbons (Fsp3) is 0.600. The van der Waals surface area contributed by atoms with E-state index in [1.165, 1.54) is 0 Å². The highest BCUT2D eigenvalue weighted by Crippen LogP contribution is 2.22. The van der Waals surface area contributed by atoms with E-state index in [4.69, 9.17) is 0 Å². The van der Waals surface area contributed by atoms with Crippen molar-refractivity contribution >= 4 is 17.5 Å². The number of rotatable bonds is 9. The highest BCUT2D eigenvalue weighted by Gasteiger charge is 2.22. The van der Waals surface area contributed by atoms with Crippen molar-refractivity contribution < 1.29 is 14.4 Å². The summed E-state index contributed by atoms with van der Waals surface area (Å²) in [6.07, 6.45) is 5.35. The summed E-state index contributed by atoms with van der Waals surface area (Å²) in [4.78, 5) is 41.7. The molecule has 2 rings (SSSR count). The third kappa shape index (κ3) is 7.77. The van der Waals surface area contributed by atoms with Crippen molar-refractivity contribution in [1.29, 1.82) is 0 Å². The number of hydrogen-bond donors (Lipinski definition) is 1. The second kappa shape index (κ2) is 9.84. The zero-order chi connectivity index (χ0) is 24.3. The van der Waals surface area contributed by atoms with E-state index in [-0.39, 0.29) is 47.7 Å². The Labute approximate surface area is 191 Å². The largest absolute Gasteiger partial charge is 0.350 e. The smallest absolute Gasteiger partial charge is 0.267 e. The van der Waals surface area contributed by atoms with Crippen molar-refractivity contribution in [1.82, 2.24) is 19.4 Å². The van der Waals surface area contributed by atoms with Crippen LogP contribution in [0, 0.1) is 10.8 Å². The van der Waals surface area contributed by atoms with Crippen molar-refractivity contribution in [2.45, 2.75) is 67.2 Å². The van der Waals surface area contributed by atoms with Crippen LogP contribution < -0.4 is 5.32 Å². The quantitative estimate of drug-likeness (QED) is 0.597. The van der Waals surface area contributed by atoms with E-state index in [1.807, 2.05) is 44.6 Å². The predicted octanol–water partition coefficient (Wildman–Crippen LogP) is 3.90.